The van der Waals surface area contributed by atoms with Crippen molar-refractivity contribution in [3.63, 3.8) is 0 Å². The van der Waals surface area contributed by atoms with Crippen LogP contribution in [0.5, 0.6) is 5.75 Å². The van der Waals surface area contributed by atoms with Crippen molar-refractivity contribution < 1.29 is 18.7 Å². The average molecular weight is 487 g/mol. The number of ether oxygens (including phenoxy) is 1. The summed E-state index contributed by atoms with van der Waals surface area (Å²) in [5.41, 5.74) is 1.94. The van der Waals surface area contributed by atoms with E-state index in [1.165, 1.54) is 30.0 Å². The van der Waals surface area contributed by atoms with Crippen LogP contribution in [0.4, 0.5) is 15.8 Å². The van der Waals surface area contributed by atoms with Crippen LogP contribution in [0.3, 0.4) is 0 Å². The van der Waals surface area contributed by atoms with Gasteiger partial charge in [-0.3, -0.25) is 9.59 Å². The maximum absolute atomic E-state index is 13.9. The molecule has 2 N–H and O–H groups in total. The van der Waals surface area contributed by atoms with Crippen molar-refractivity contribution in [1.29, 1.82) is 0 Å². The van der Waals surface area contributed by atoms with E-state index in [-0.39, 0.29) is 11.5 Å². The van der Waals surface area contributed by atoms with Gasteiger partial charge < -0.3 is 15.4 Å². The first-order valence-corrected chi connectivity index (χ1v) is 11.7. The van der Waals surface area contributed by atoms with Crippen LogP contribution in [0.25, 0.3) is 0 Å². The van der Waals surface area contributed by atoms with Gasteiger partial charge in [0.2, 0.25) is 5.91 Å². The molecule has 0 aromatic heterocycles. The summed E-state index contributed by atoms with van der Waals surface area (Å²) >= 11 is 1.38. The van der Waals surface area contributed by atoms with E-state index < -0.39 is 17.0 Å². The smallest absolute Gasteiger partial charge is 0.258 e. The van der Waals surface area contributed by atoms with E-state index in [2.05, 4.69) is 10.6 Å². The van der Waals surface area contributed by atoms with E-state index in [0.717, 1.165) is 10.5 Å². The Labute approximate surface area is 207 Å². The first kappa shape index (κ1) is 24.0. The van der Waals surface area contributed by atoms with Gasteiger partial charge in [0.25, 0.3) is 5.91 Å². The van der Waals surface area contributed by atoms with Gasteiger partial charge in [0.1, 0.15) is 16.8 Å². The molecule has 0 heterocycles. The van der Waals surface area contributed by atoms with Crippen LogP contribution < -0.4 is 15.4 Å². The van der Waals surface area contributed by atoms with Crippen LogP contribution in [-0.4, -0.2) is 18.9 Å². The molecule has 0 radical (unpaired) electrons. The molecule has 4 rings (SSSR count). The highest BCUT2D eigenvalue weighted by Crippen LogP contribution is 2.37. The number of anilines is 2. The Morgan fingerprint density at radius 1 is 0.800 bits per heavy atom. The second-order valence-electron chi connectivity index (χ2n) is 7.56. The lowest BCUT2D eigenvalue weighted by Crippen LogP contribution is -2.19. The highest BCUT2D eigenvalue weighted by molar-refractivity contribution is 8.00. The zero-order valence-electron chi connectivity index (χ0n) is 18.9. The molecule has 0 aliphatic heterocycles. The SMILES string of the molecule is COc1ccccc1NC(=O)C(Sc1ccc(NC(=O)c2ccccc2F)cc1)c1ccccc1. The fraction of sp³-hybridized carbons (Fsp3) is 0.0714. The van der Waals surface area contributed by atoms with Crippen molar-refractivity contribution in [2.45, 2.75) is 10.1 Å². The number of benzene rings is 4. The molecule has 1 atom stereocenters. The Hall–Kier alpha value is -4.10. The molecule has 0 saturated heterocycles. The van der Waals surface area contributed by atoms with Gasteiger partial charge in [-0.2, -0.15) is 0 Å². The molecule has 1 unspecified atom stereocenters. The van der Waals surface area contributed by atoms with E-state index in [0.29, 0.717) is 17.1 Å². The van der Waals surface area contributed by atoms with Gasteiger partial charge >= 0.3 is 0 Å². The summed E-state index contributed by atoms with van der Waals surface area (Å²) in [5.74, 6) is -0.721. The quantitative estimate of drug-likeness (QED) is 0.277. The van der Waals surface area contributed by atoms with E-state index in [9.17, 15) is 14.0 Å². The second kappa shape index (κ2) is 11.4. The molecule has 0 aliphatic rings. The molecule has 7 heteroatoms. The summed E-state index contributed by atoms with van der Waals surface area (Å²) in [7, 11) is 1.56. The van der Waals surface area contributed by atoms with Crippen molar-refractivity contribution in [3.05, 3.63) is 120 Å². The highest BCUT2D eigenvalue weighted by Gasteiger charge is 2.23. The molecule has 0 aliphatic carbocycles. The predicted octanol–water partition coefficient (Wildman–Crippen LogP) is 6.56. The Morgan fingerprint density at radius 3 is 2.17 bits per heavy atom. The summed E-state index contributed by atoms with van der Waals surface area (Å²) in [6, 6.07) is 29.6. The topological polar surface area (TPSA) is 67.4 Å². The Kier molecular flexibility index (Phi) is 7.80. The van der Waals surface area contributed by atoms with Gasteiger partial charge in [0.05, 0.1) is 18.4 Å². The molecule has 4 aromatic carbocycles. The van der Waals surface area contributed by atoms with E-state index in [4.69, 9.17) is 4.74 Å². The molecule has 0 bridgehead atoms. The number of para-hydroxylation sites is 2. The van der Waals surface area contributed by atoms with Crippen molar-refractivity contribution in [2.75, 3.05) is 17.7 Å². The Balaban J connectivity index is 1.51. The number of amides is 2. The molecule has 0 spiro atoms. The van der Waals surface area contributed by atoms with E-state index in [1.54, 1.807) is 37.4 Å². The first-order chi connectivity index (χ1) is 17.0. The number of thioether (sulfide) groups is 1. The summed E-state index contributed by atoms with van der Waals surface area (Å²) in [6.07, 6.45) is 0. The lowest BCUT2D eigenvalue weighted by Gasteiger charge is -2.18. The lowest BCUT2D eigenvalue weighted by atomic mass is 10.1. The minimum Gasteiger partial charge on any atom is -0.495 e. The number of rotatable bonds is 8. The van der Waals surface area contributed by atoms with Crippen LogP contribution in [0.2, 0.25) is 0 Å². The largest absolute Gasteiger partial charge is 0.495 e. The van der Waals surface area contributed by atoms with Gasteiger partial charge in [-0.25, -0.2) is 4.39 Å². The van der Waals surface area contributed by atoms with Crippen molar-refractivity contribution in [2.24, 2.45) is 0 Å². The normalized spacial score (nSPS) is 11.4. The number of hydrogen-bond donors (Lipinski definition) is 2. The molecule has 0 fully saturated rings. The van der Waals surface area contributed by atoms with Crippen molar-refractivity contribution >= 4 is 35.0 Å². The molecule has 35 heavy (non-hydrogen) atoms. The van der Waals surface area contributed by atoms with Crippen molar-refractivity contribution in [1.82, 2.24) is 0 Å². The number of carbonyl (C=O) groups excluding carboxylic acids is 2. The van der Waals surface area contributed by atoms with Gasteiger partial charge in [0, 0.05) is 10.6 Å². The molecule has 5 nitrogen and oxygen atoms in total. The summed E-state index contributed by atoms with van der Waals surface area (Å²) in [5, 5.41) is 5.13. The third kappa shape index (κ3) is 6.07. The highest BCUT2D eigenvalue weighted by atomic mass is 32.2. The monoisotopic (exact) mass is 486 g/mol. The third-order valence-electron chi connectivity index (χ3n) is 5.19. The summed E-state index contributed by atoms with van der Waals surface area (Å²) < 4.78 is 19.2. The minimum atomic E-state index is -0.580. The number of carbonyl (C=O) groups is 2. The third-order valence-corrected chi connectivity index (χ3v) is 6.46. The van der Waals surface area contributed by atoms with Gasteiger partial charge in [0.15, 0.2) is 0 Å². The van der Waals surface area contributed by atoms with Crippen molar-refractivity contribution in [3.8, 4) is 5.75 Å². The van der Waals surface area contributed by atoms with Crippen LogP contribution in [0, 0.1) is 5.82 Å². The number of halogens is 1. The summed E-state index contributed by atoms with van der Waals surface area (Å²) in [6.45, 7) is 0. The average Bonchev–Trinajstić information content (AvgIpc) is 2.89. The molecular formula is C28H23FN2O3S. The zero-order valence-corrected chi connectivity index (χ0v) is 19.7. The molecule has 0 saturated carbocycles. The minimum absolute atomic E-state index is 0.0249. The van der Waals surface area contributed by atoms with E-state index >= 15 is 0 Å². The Morgan fingerprint density at radius 2 is 1.46 bits per heavy atom. The number of nitrogens with one attached hydrogen (secondary N) is 2. The first-order valence-electron chi connectivity index (χ1n) is 10.9. The lowest BCUT2D eigenvalue weighted by molar-refractivity contribution is -0.115. The Bertz CT molecular complexity index is 1310. The maximum Gasteiger partial charge on any atom is 0.258 e. The summed E-state index contributed by atoms with van der Waals surface area (Å²) in [4.78, 5) is 26.5. The van der Waals surface area contributed by atoms with Crippen LogP contribution in [0.1, 0.15) is 21.2 Å². The molecule has 4 aromatic rings. The van der Waals surface area contributed by atoms with Gasteiger partial charge in [-0.05, 0) is 54.1 Å². The van der Waals surface area contributed by atoms with Crippen LogP contribution in [-0.2, 0) is 4.79 Å². The molecule has 2 amide bonds. The second-order valence-corrected chi connectivity index (χ2v) is 8.73. The molecular weight excluding hydrogens is 463 g/mol. The van der Waals surface area contributed by atoms with Gasteiger partial charge in [-0.1, -0.05) is 54.6 Å². The number of hydrogen-bond acceptors (Lipinski definition) is 4. The number of methoxy groups -OCH3 is 1. The molecule has 176 valence electrons. The zero-order chi connectivity index (χ0) is 24.6. The van der Waals surface area contributed by atoms with Crippen LogP contribution in [0.15, 0.2) is 108 Å². The van der Waals surface area contributed by atoms with E-state index in [1.807, 2.05) is 54.6 Å². The van der Waals surface area contributed by atoms with Gasteiger partial charge in [-0.15, -0.1) is 11.8 Å². The fourth-order valence-corrected chi connectivity index (χ4v) is 4.47. The fourth-order valence-electron chi connectivity index (χ4n) is 3.44. The standard InChI is InChI=1S/C28H23FN2O3S/c1-34-25-14-8-7-13-24(25)31-28(33)26(19-9-3-2-4-10-19)35-21-17-15-20(16-18-21)30-27(32)22-11-5-6-12-23(22)29/h2-18,26H,1H3,(H,30,32)(H,31,33). The maximum atomic E-state index is 13.9. The van der Waals surface area contributed by atoms with Crippen LogP contribution >= 0.6 is 11.8 Å². The predicted molar refractivity (Wildman–Crippen MR) is 137 cm³/mol.